The van der Waals surface area contributed by atoms with Crippen molar-refractivity contribution < 1.29 is 28.6 Å². The van der Waals surface area contributed by atoms with Crippen LogP contribution in [0.3, 0.4) is 0 Å². The third kappa shape index (κ3) is 31.6. The maximum absolute atomic E-state index is 12.1. The molecule has 0 heterocycles. The molecule has 244 valence electrons. The van der Waals surface area contributed by atoms with Crippen LogP contribution in [0.1, 0.15) is 187 Å². The number of unbranched alkanes of at least 4 members (excludes halogenated alkanes) is 24. The van der Waals surface area contributed by atoms with E-state index in [1.165, 1.54) is 109 Å². The molecule has 0 aliphatic heterocycles. The maximum atomic E-state index is 12.1. The van der Waals surface area contributed by atoms with Crippen LogP contribution >= 0.6 is 0 Å². The molecule has 0 amide bonds. The zero-order chi connectivity index (χ0) is 30.1. The van der Waals surface area contributed by atoms with Crippen LogP contribution in [0.4, 0.5) is 4.39 Å². The van der Waals surface area contributed by atoms with Crippen LogP contribution in [0.25, 0.3) is 0 Å². The average Bonchev–Trinajstić information content (AvgIpc) is 2.97. The van der Waals surface area contributed by atoms with Crippen molar-refractivity contribution in [3.05, 3.63) is 0 Å². The number of halogens is 1. The van der Waals surface area contributed by atoms with E-state index in [-0.39, 0.29) is 31.8 Å². The highest BCUT2D eigenvalue weighted by Gasteiger charge is 2.16. The van der Waals surface area contributed by atoms with Crippen LogP contribution in [0.5, 0.6) is 0 Å². The molecule has 0 saturated heterocycles. The summed E-state index contributed by atoms with van der Waals surface area (Å²) in [5.74, 6) is -0.612. The van der Waals surface area contributed by atoms with Crippen molar-refractivity contribution in [2.75, 3.05) is 19.9 Å². The van der Waals surface area contributed by atoms with Crippen molar-refractivity contribution in [3.63, 3.8) is 0 Å². The fourth-order valence-corrected chi connectivity index (χ4v) is 5.22. The summed E-state index contributed by atoms with van der Waals surface area (Å²) in [4.78, 5) is 24.1. The van der Waals surface area contributed by atoms with Crippen LogP contribution in [0, 0.1) is 0 Å². The second kappa shape index (κ2) is 33.3. The summed E-state index contributed by atoms with van der Waals surface area (Å²) in [5.41, 5.74) is 0. The SMILES string of the molecule is CCCCCCCCCCCCCCCC(=O)O[C@@H](CO)COC(=O)CCCCCCCCCCCCCCCF. The van der Waals surface area contributed by atoms with Gasteiger partial charge < -0.3 is 14.6 Å². The smallest absolute Gasteiger partial charge is 0.306 e. The Hall–Kier alpha value is -1.17. The molecule has 6 heteroatoms. The number of ether oxygens (including phenoxy) is 2. The van der Waals surface area contributed by atoms with Gasteiger partial charge in [0, 0.05) is 12.8 Å². The molecule has 0 aliphatic carbocycles. The Balaban J connectivity index is 3.52. The molecule has 0 saturated carbocycles. The van der Waals surface area contributed by atoms with Crippen molar-refractivity contribution in [1.29, 1.82) is 0 Å². The summed E-state index contributed by atoms with van der Waals surface area (Å²) in [6.07, 6.45) is 30.9. The monoisotopic (exact) mass is 586 g/mol. The van der Waals surface area contributed by atoms with Crippen molar-refractivity contribution in [1.82, 2.24) is 0 Å². The van der Waals surface area contributed by atoms with Crippen molar-refractivity contribution in [2.45, 2.75) is 193 Å². The lowest BCUT2D eigenvalue weighted by atomic mass is 10.0. The first-order valence-corrected chi connectivity index (χ1v) is 17.7. The van der Waals surface area contributed by atoms with Crippen LogP contribution < -0.4 is 0 Å². The number of esters is 2. The Morgan fingerprint density at radius 2 is 0.878 bits per heavy atom. The number of carbonyl (C=O) groups excluding carboxylic acids is 2. The van der Waals surface area contributed by atoms with E-state index in [0.29, 0.717) is 12.8 Å². The molecule has 0 aromatic carbocycles. The van der Waals surface area contributed by atoms with Gasteiger partial charge in [0.05, 0.1) is 13.3 Å². The first kappa shape index (κ1) is 39.8. The Morgan fingerprint density at radius 1 is 0.537 bits per heavy atom. The number of carbonyl (C=O) groups is 2. The minimum absolute atomic E-state index is 0.0739. The molecule has 0 fully saturated rings. The lowest BCUT2D eigenvalue weighted by Crippen LogP contribution is -2.28. The van der Waals surface area contributed by atoms with E-state index in [1.54, 1.807) is 0 Å². The number of rotatable bonds is 33. The largest absolute Gasteiger partial charge is 0.462 e. The normalized spacial score (nSPS) is 12.0. The average molecular weight is 587 g/mol. The summed E-state index contributed by atoms with van der Waals surface area (Å²) in [5, 5.41) is 9.50. The van der Waals surface area contributed by atoms with Crippen LogP contribution in [-0.2, 0) is 19.1 Å². The summed E-state index contributed by atoms with van der Waals surface area (Å²) >= 11 is 0. The molecule has 0 rings (SSSR count). The predicted octanol–water partition coefficient (Wildman–Crippen LogP) is 10.3. The van der Waals surface area contributed by atoms with Crippen molar-refractivity contribution >= 4 is 11.9 Å². The lowest BCUT2D eigenvalue weighted by Gasteiger charge is -2.15. The third-order valence-corrected chi connectivity index (χ3v) is 7.93. The van der Waals surface area contributed by atoms with Crippen molar-refractivity contribution in [3.8, 4) is 0 Å². The molecule has 0 unspecified atom stereocenters. The topological polar surface area (TPSA) is 72.8 Å². The van der Waals surface area contributed by atoms with Crippen LogP contribution in [0.15, 0.2) is 0 Å². The molecule has 0 aromatic rings. The molecule has 0 aliphatic rings. The Labute approximate surface area is 253 Å². The van der Waals surface area contributed by atoms with Crippen LogP contribution in [-0.4, -0.2) is 43.0 Å². The second-order valence-corrected chi connectivity index (χ2v) is 12.0. The molecule has 5 nitrogen and oxygen atoms in total. The number of aliphatic hydroxyl groups is 1. The minimum atomic E-state index is -0.774. The molecular formula is C35H67FO5. The van der Waals surface area contributed by atoms with Gasteiger partial charge >= 0.3 is 11.9 Å². The van der Waals surface area contributed by atoms with Gasteiger partial charge in [-0.2, -0.15) is 0 Å². The molecule has 0 radical (unpaired) electrons. The first-order valence-electron chi connectivity index (χ1n) is 17.7. The van der Waals surface area contributed by atoms with Gasteiger partial charge in [0.2, 0.25) is 0 Å². The van der Waals surface area contributed by atoms with Crippen LogP contribution in [0.2, 0.25) is 0 Å². The van der Waals surface area contributed by atoms with E-state index in [4.69, 9.17) is 9.47 Å². The highest BCUT2D eigenvalue weighted by atomic mass is 19.1. The predicted molar refractivity (Wildman–Crippen MR) is 169 cm³/mol. The molecule has 41 heavy (non-hydrogen) atoms. The molecular weight excluding hydrogens is 519 g/mol. The molecule has 1 atom stereocenters. The molecule has 0 aromatic heterocycles. The molecule has 1 N–H and O–H groups in total. The van der Waals surface area contributed by atoms with E-state index in [1.807, 2.05) is 0 Å². The van der Waals surface area contributed by atoms with E-state index in [2.05, 4.69) is 6.92 Å². The number of alkyl halides is 1. The van der Waals surface area contributed by atoms with Gasteiger partial charge in [-0.15, -0.1) is 0 Å². The highest BCUT2D eigenvalue weighted by molar-refractivity contribution is 5.70. The minimum Gasteiger partial charge on any atom is -0.462 e. The summed E-state index contributed by atoms with van der Waals surface area (Å²) in [7, 11) is 0. The van der Waals surface area contributed by atoms with Gasteiger partial charge in [-0.1, -0.05) is 155 Å². The Morgan fingerprint density at radius 3 is 1.24 bits per heavy atom. The zero-order valence-corrected chi connectivity index (χ0v) is 27.0. The number of hydrogen-bond acceptors (Lipinski definition) is 5. The van der Waals surface area contributed by atoms with Gasteiger partial charge in [0.25, 0.3) is 0 Å². The number of hydrogen-bond donors (Lipinski definition) is 1. The fourth-order valence-electron chi connectivity index (χ4n) is 5.22. The van der Waals surface area contributed by atoms with E-state index >= 15 is 0 Å². The standard InChI is InChI=1S/C35H67FO5/c1-2-3-4-5-6-7-8-10-14-17-20-23-26-29-35(39)41-33(31-37)32-40-34(38)28-25-22-19-16-13-11-9-12-15-18-21-24-27-30-36/h33,37H,2-32H2,1H3/t33-/m0/s1. The van der Waals surface area contributed by atoms with Gasteiger partial charge in [-0.05, 0) is 19.3 Å². The summed E-state index contributed by atoms with van der Waals surface area (Å²) in [6, 6.07) is 0. The number of aliphatic hydroxyl groups excluding tert-OH is 1. The highest BCUT2D eigenvalue weighted by Crippen LogP contribution is 2.15. The van der Waals surface area contributed by atoms with Gasteiger partial charge in [-0.25, -0.2) is 0 Å². The summed E-state index contributed by atoms with van der Waals surface area (Å²) in [6.45, 7) is 1.67. The lowest BCUT2D eigenvalue weighted by molar-refractivity contribution is -0.161. The molecule has 0 spiro atoms. The van der Waals surface area contributed by atoms with E-state index in [0.717, 1.165) is 57.8 Å². The second-order valence-electron chi connectivity index (χ2n) is 12.0. The van der Waals surface area contributed by atoms with E-state index < -0.39 is 6.10 Å². The quantitative estimate of drug-likeness (QED) is 0.0612. The van der Waals surface area contributed by atoms with Gasteiger partial charge in [-0.3, -0.25) is 14.0 Å². The first-order chi connectivity index (χ1) is 20.1. The Bertz CT molecular complexity index is 557. The van der Waals surface area contributed by atoms with Gasteiger partial charge in [0.15, 0.2) is 6.10 Å². The Kier molecular flexibility index (Phi) is 32.4. The zero-order valence-electron chi connectivity index (χ0n) is 27.0. The van der Waals surface area contributed by atoms with Gasteiger partial charge in [0.1, 0.15) is 6.61 Å². The maximum Gasteiger partial charge on any atom is 0.306 e. The molecule has 0 bridgehead atoms. The fraction of sp³-hybridized carbons (Fsp3) is 0.943. The third-order valence-electron chi connectivity index (χ3n) is 7.93. The van der Waals surface area contributed by atoms with E-state index in [9.17, 15) is 19.1 Å². The summed E-state index contributed by atoms with van der Waals surface area (Å²) < 4.78 is 22.6. The van der Waals surface area contributed by atoms with Crippen molar-refractivity contribution in [2.24, 2.45) is 0 Å².